The molecule has 0 saturated carbocycles. The average Bonchev–Trinajstić information content (AvgIpc) is 2.83. The summed E-state index contributed by atoms with van der Waals surface area (Å²) in [6.45, 7) is 0.292. The van der Waals surface area contributed by atoms with E-state index in [0.29, 0.717) is 12.1 Å². The molecule has 1 heterocycles. The van der Waals surface area contributed by atoms with Gasteiger partial charge >= 0.3 is 0 Å². The predicted molar refractivity (Wildman–Crippen MR) is 75.9 cm³/mol. The number of fused-ring (bicyclic) bond motifs is 1. The molecule has 0 aliphatic carbocycles. The average molecular weight is 286 g/mol. The predicted octanol–water partition coefficient (Wildman–Crippen LogP) is 3.07. The number of rotatable bonds is 3. The molecule has 3 aromatic rings. The largest absolute Gasteiger partial charge is 0.366 e. The molecule has 3 nitrogen and oxygen atoms in total. The Morgan fingerprint density at radius 1 is 1.10 bits per heavy atom. The molecule has 0 radical (unpaired) electrons. The van der Waals surface area contributed by atoms with E-state index in [2.05, 4.69) is 0 Å². The van der Waals surface area contributed by atoms with Crippen LogP contribution in [0.15, 0.2) is 48.7 Å². The van der Waals surface area contributed by atoms with Gasteiger partial charge in [-0.15, -0.1) is 0 Å². The Balaban J connectivity index is 1.97. The molecule has 0 aliphatic rings. The lowest BCUT2D eigenvalue weighted by molar-refractivity contribution is 0.1000. The molecule has 0 aliphatic heterocycles. The SMILES string of the molecule is NC(=O)c1ccc(Cn2ccc3cc(F)ccc32)c(F)c1. The Hall–Kier alpha value is -2.69. The van der Waals surface area contributed by atoms with Crippen LogP contribution in [-0.2, 0) is 6.54 Å². The second kappa shape index (κ2) is 5.01. The van der Waals surface area contributed by atoms with Crippen molar-refractivity contribution in [3.63, 3.8) is 0 Å². The number of carbonyl (C=O) groups is 1. The van der Waals surface area contributed by atoms with E-state index in [4.69, 9.17) is 5.73 Å². The van der Waals surface area contributed by atoms with Crippen molar-refractivity contribution in [2.24, 2.45) is 5.73 Å². The molecule has 0 fully saturated rings. The topological polar surface area (TPSA) is 48.0 Å². The fourth-order valence-corrected chi connectivity index (χ4v) is 2.32. The third-order valence-corrected chi connectivity index (χ3v) is 3.41. The van der Waals surface area contributed by atoms with E-state index in [-0.39, 0.29) is 11.4 Å². The van der Waals surface area contributed by atoms with Crippen LogP contribution in [0.1, 0.15) is 15.9 Å². The summed E-state index contributed by atoms with van der Waals surface area (Å²) in [6, 6.07) is 10.4. The molecule has 5 heteroatoms. The molecule has 1 amide bonds. The zero-order chi connectivity index (χ0) is 15.0. The van der Waals surface area contributed by atoms with Gasteiger partial charge in [0, 0.05) is 28.2 Å². The quantitative estimate of drug-likeness (QED) is 0.790. The number of halogens is 2. The van der Waals surface area contributed by atoms with Crippen LogP contribution in [0, 0.1) is 11.6 Å². The van der Waals surface area contributed by atoms with E-state index in [1.54, 1.807) is 18.3 Å². The summed E-state index contributed by atoms with van der Waals surface area (Å²) >= 11 is 0. The summed E-state index contributed by atoms with van der Waals surface area (Å²) in [5.41, 5.74) is 6.49. The third kappa shape index (κ3) is 2.50. The summed E-state index contributed by atoms with van der Waals surface area (Å²) in [4.78, 5) is 11.0. The molecule has 3 rings (SSSR count). The molecule has 0 bridgehead atoms. The van der Waals surface area contributed by atoms with Gasteiger partial charge in [0.2, 0.25) is 5.91 Å². The third-order valence-electron chi connectivity index (χ3n) is 3.41. The van der Waals surface area contributed by atoms with Gasteiger partial charge in [0.15, 0.2) is 0 Å². The van der Waals surface area contributed by atoms with Crippen molar-refractivity contribution in [2.45, 2.75) is 6.54 Å². The molecule has 0 atom stereocenters. The summed E-state index contributed by atoms with van der Waals surface area (Å²) in [6.07, 6.45) is 1.77. The highest BCUT2D eigenvalue weighted by Crippen LogP contribution is 2.20. The Kier molecular flexibility index (Phi) is 3.17. The number of hydrogen-bond acceptors (Lipinski definition) is 1. The maximum absolute atomic E-state index is 14.0. The number of amides is 1. The highest BCUT2D eigenvalue weighted by molar-refractivity contribution is 5.92. The molecule has 0 saturated heterocycles. The Bertz CT molecular complexity index is 839. The van der Waals surface area contributed by atoms with Gasteiger partial charge < -0.3 is 10.3 Å². The van der Waals surface area contributed by atoms with Gasteiger partial charge in [-0.1, -0.05) is 6.07 Å². The molecule has 2 N–H and O–H groups in total. The molecular weight excluding hydrogens is 274 g/mol. The monoisotopic (exact) mass is 286 g/mol. The first-order valence-corrected chi connectivity index (χ1v) is 6.37. The van der Waals surface area contributed by atoms with Gasteiger partial charge in [0.05, 0.1) is 6.54 Å². The first kappa shape index (κ1) is 13.3. The van der Waals surface area contributed by atoms with Crippen molar-refractivity contribution in [1.82, 2.24) is 4.57 Å². The highest BCUT2D eigenvalue weighted by atomic mass is 19.1. The molecule has 1 aromatic heterocycles. The van der Waals surface area contributed by atoms with Crippen LogP contribution in [-0.4, -0.2) is 10.5 Å². The van der Waals surface area contributed by atoms with E-state index in [1.165, 1.54) is 24.3 Å². The minimum Gasteiger partial charge on any atom is -0.366 e. The van der Waals surface area contributed by atoms with Crippen LogP contribution in [0.25, 0.3) is 10.9 Å². The molecule has 0 unspecified atom stereocenters. The first-order valence-electron chi connectivity index (χ1n) is 6.37. The number of carbonyl (C=O) groups excluding carboxylic acids is 1. The zero-order valence-corrected chi connectivity index (χ0v) is 11.0. The maximum atomic E-state index is 14.0. The number of nitrogens with two attached hydrogens (primary N) is 1. The summed E-state index contributed by atoms with van der Waals surface area (Å²) in [7, 11) is 0. The minimum atomic E-state index is -0.665. The lowest BCUT2D eigenvalue weighted by Gasteiger charge is -2.08. The minimum absolute atomic E-state index is 0.135. The van der Waals surface area contributed by atoms with Gasteiger partial charge in [-0.3, -0.25) is 4.79 Å². The normalized spacial score (nSPS) is 11.0. The van der Waals surface area contributed by atoms with Crippen LogP contribution in [0.3, 0.4) is 0 Å². The second-order valence-electron chi connectivity index (χ2n) is 4.82. The van der Waals surface area contributed by atoms with Crippen LogP contribution < -0.4 is 5.73 Å². The number of aromatic nitrogens is 1. The van der Waals surface area contributed by atoms with Crippen molar-refractivity contribution >= 4 is 16.8 Å². The van der Waals surface area contributed by atoms with E-state index < -0.39 is 11.7 Å². The second-order valence-corrected chi connectivity index (χ2v) is 4.82. The fraction of sp³-hybridized carbons (Fsp3) is 0.0625. The van der Waals surface area contributed by atoms with Crippen LogP contribution in [0.2, 0.25) is 0 Å². The number of nitrogens with zero attached hydrogens (tertiary/aromatic N) is 1. The summed E-state index contributed by atoms with van der Waals surface area (Å²) < 4.78 is 28.9. The van der Waals surface area contributed by atoms with Gasteiger partial charge in [-0.25, -0.2) is 8.78 Å². The highest BCUT2D eigenvalue weighted by Gasteiger charge is 2.09. The number of primary amides is 1. The zero-order valence-electron chi connectivity index (χ0n) is 11.0. The van der Waals surface area contributed by atoms with Crippen LogP contribution in [0.4, 0.5) is 8.78 Å². The summed E-state index contributed by atoms with van der Waals surface area (Å²) in [5, 5.41) is 0.754. The smallest absolute Gasteiger partial charge is 0.248 e. The van der Waals surface area contributed by atoms with Gasteiger partial charge in [-0.2, -0.15) is 0 Å². The van der Waals surface area contributed by atoms with E-state index in [9.17, 15) is 13.6 Å². The van der Waals surface area contributed by atoms with Gasteiger partial charge in [0.1, 0.15) is 11.6 Å². The van der Waals surface area contributed by atoms with E-state index in [0.717, 1.165) is 17.0 Å². The van der Waals surface area contributed by atoms with E-state index in [1.807, 2.05) is 4.57 Å². The Labute approximate surface area is 119 Å². The van der Waals surface area contributed by atoms with Gasteiger partial charge in [-0.05, 0) is 36.4 Å². The molecule has 21 heavy (non-hydrogen) atoms. The lowest BCUT2D eigenvalue weighted by Crippen LogP contribution is -2.12. The molecule has 2 aromatic carbocycles. The first-order chi connectivity index (χ1) is 10.0. The number of benzene rings is 2. The summed E-state index contributed by atoms with van der Waals surface area (Å²) in [5.74, 6) is -1.46. The number of hydrogen-bond donors (Lipinski definition) is 1. The maximum Gasteiger partial charge on any atom is 0.248 e. The molecule has 0 spiro atoms. The Morgan fingerprint density at radius 3 is 2.62 bits per heavy atom. The van der Waals surface area contributed by atoms with Crippen LogP contribution in [0.5, 0.6) is 0 Å². The van der Waals surface area contributed by atoms with Crippen molar-refractivity contribution in [2.75, 3.05) is 0 Å². The molecule has 106 valence electrons. The fourth-order valence-electron chi connectivity index (χ4n) is 2.32. The Morgan fingerprint density at radius 2 is 1.90 bits per heavy atom. The van der Waals surface area contributed by atoms with Gasteiger partial charge in [0.25, 0.3) is 0 Å². The lowest BCUT2D eigenvalue weighted by atomic mass is 10.1. The van der Waals surface area contributed by atoms with Crippen molar-refractivity contribution in [3.8, 4) is 0 Å². The van der Waals surface area contributed by atoms with Crippen LogP contribution >= 0.6 is 0 Å². The van der Waals surface area contributed by atoms with Crippen molar-refractivity contribution in [1.29, 1.82) is 0 Å². The molecular formula is C16H12F2N2O. The van der Waals surface area contributed by atoms with E-state index >= 15 is 0 Å². The standard InChI is InChI=1S/C16H12F2N2O/c17-13-3-4-15-10(7-13)5-6-20(15)9-12-2-1-11(16(19)21)8-14(12)18/h1-8H,9H2,(H2,19,21). The van der Waals surface area contributed by atoms with Crippen molar-refractivity contribution < 1.29 is 13.6 Å². The van der Waals surface area contributed by atoms with Crippen molar-refractivity contribution in [3.05, 3.63) is 71.4 Å².